The van der Waals surface area contributed by atoms with E-state index in [0.717, 1.165) is 45.1 Å². The van der Waals surface area contributed by atoms with Crippen LogP contribution < -0.4 is 5.32 Å². The molecule has 0 amide bonds. The standard InChI is InChI=1S/C16H28N4/c1-4-19(5-2)11-12(3)20-15-8-9-17-10-14(15)18-16(20)13-6-7-13/h12-13,17H,4-11H2,1-3H3. The van der Waals surface area contributed by atoms with E-state index in [1.807, 2.05) is 0 Å². The van der Waals surface area contributed by atoms with Crippen LogP contribution in [0, 0.1) is 0 Å². The van der Waals surface area contributed by atoms with Crippen molar-refractivity contribution in [2.45, 2.75) is 58.5 Å². The maximum absolute atomic E-state index is 4.97. The molecule has 1 aliphatic carbocycles. The maximum Gasteiger partial charge on any atom is 0.112 e. The minimum atomic E-state index is 0.542. The normalized spacial score (nSPS) is 20.2. The minimum absolute atomic E-state index is 0.542. The third-order valence-corrected chi connectivity index (χ3v) is 4.75. The lowest BCUT2D eigenvalue weighted by atomic mass is 10.1. The summed E-state index contributed by atoms with van der Waals surface area (Å²) < 4.78 is 2.59. The molecule has 1 fully saturated rings. The Kier molecular flexibility index (Phi) is 4.13. The molecule has 112 valence electrons. The highest BCUT2D eigenvalue weighted by Gasteiger charge is 2.33. The first-order chi connectivity index (χ1) is 9.74. The molecular formula is C16H28N4. The fraction of sp³-hybridized carbons (Fsp3) is 0.812. The molecule has 0 radical (unpaired) electrons. The van der Waals surface area contributed by atoms with Crippen molar-refractivity contribution < 1.29 is 0 Å². The predicted molar refractivity (Wildman–Crippen MR) is 82.1 cm³/mol. The highest BCUT2D eigenvalue weighted by molar-refractivity contribution is 5.25. The van der Waals surface area contributed by atoms with Gasteiger partial charge in [0.25, 0.3) is 0 Å². The van der Waals surface area contributed by atoms with Crippen molar-refractivity contribution in [2.24, 2.45) is 0 Å². The molecule has 0 aromatic carbocycles. The number of likely N-dealkylation sites (N-methyl/N-ethyl adjacent to an activating group) is 1. The number of hydrogen-bond donors (Lipinski definition) is 1. The van der Waals surface area contributed by atoms with Crippen LogP contribution in [0.15, 0.2) is 0 Å². The van der Waals surface area contributed by atoms with Crippen molar-refractivity contribution >= 4 is 0 Å². The molecule has 1 unspecified atom stereocenters. The van der Waals surface area contributed by atoms with E-state index >= 15 is 0 Å². The lowest BCUT2D eigenvalue weighted by molar-refractivity contribution is 0.256. The molecule has 20 heavy (non-hydrogen) atoms. The zero-order chi connectivity index (χ0) is 14.1. The topological polar surface area (TPSA) is 33.1 Å². The number of nitrogens with zero attached hydrogens (tertiary/aromatic N) is 3. The molecule has 4 heteroatoms. The highest BCUT2D eigenvalue weighted by Crippen LogP contribution is 2.41. The summed E-state index contributed by atoms with van der Waals surface area (Å²) in [6.45, 7) is 12.4. The lowest BCUT2D eigenvalue weighted by Gasteiger charge is -2.27. The zero-order valence-electron chi connectivity index (χ0n) is 13.2. The summed E-state index contributed by atoms with van der Waals surface area (Å²) >= 11 is 0. The Bertz CT molecular complexity index is 457. The third kappa shape index (κ3) is 2.63. The van der Waals surface area contributed by atoms with Gasteiger partial charge in [-0.3, -0.25) is 0 Å². The lowest BCUT2D eigenvalue weighted by Crippen LogP contribution is -2.32. The van der Waals surface area contributed by atoms with Crippen molar-refractivity contribution in [1.82, 2.24) is 19.8 Å². The van der Waals surface area contributed by atoms with E-state index in [2.05, 4.69) is 35.6 Å². The second kappa shape index (κ2) is 5.86. The Hall–Kier alpha value is -0.870. The average Bonchev–Trinajstić information content (AvgIpc) is 3.24. The van der Waals surface area contributed by atoms with Crippen molar-refractivity contribution in [1.29, 1.82) is 0 Å². The third-order valence-electron chi connectivity index (χ3n) is 4.75. The van der Waals surface area contributed by atoms with Gasteiger partial charge in [0.2, 0.25) is 0 Å². The highest BCUT2D eigenvalue weighted by atomic mass is 15.2. The number of nitrogens with one attached hydrogen (secondary N) is 1. The molecule has 2 heterocycles. The largest absolute Gasteiger partial charge is 0.327 e. The molecule has 2 aliphatic rings. The second-order valence-electron chi connectivity index (χ2n) is 6.27. The van der Waals surface area contributed by atoms with Crippen LogP contribution in [-0.2, 0) is 13.0 Å². The maximum atomic E-state index is 4.97. The van der Waals surface area contributed by atoms with Crippen LogP contribution in [0.4, 0.5) is 0 Å². The number of aromatic nitrogens is 2. The smallest absolute Gasteiger partial charge is 0.112 e. The van der Waals surface area contributed by atoms with Gasteiger partial charge in [0.1, 0.15) is 5.82 Å². The van der Waals surface area contributed by atoms with Gasteiger partial charge in [-0.1, -0.05) is 13.8 Å². The first-order valence-corrected chi connectivity index (χ1v) is 8.27. The Morgan fingerprint density at radius 1 is 1.35 bits per heavy atom. The van der Waals surface area contributed by atoms with Gasteiger partial charge in [0, 0.05) is 43.7 Å². The van der Waals surface area contributed by atoms with Gasteiger partial charge < -0.3 is 14.8 Å². The van der Waals surface area contributed by atoms with Gasteiger partial charge >= 0.3 is 0 Å². The van der Waals surface area contributed by atoms with Gasteiger partial charge in [0.05, 0.1) is 5.69 Å². The minimum Gasteiger partial charge on any atom is -0.327 e. The molecule has 4 nitrogen and oxygen atoms in total. The second-order valence-corrected chi connectivity index (χ2v) is 6.27. The Morgan fingerprint density at radius 2 is 2.10 bits per heavy atom. The SMILES string of the molecule is CCN(CC)CC(C)n1c(C2CC2)nc2c1CCNC2. The number of rotatable bonds is 6. The van der Waals surface area contributed by atoms with Gasteiger partial charge in [0.15, 0.2) is 0 Å². The van der Waals surface area contributed by atoms with Crippen LogP contribution >= 0.6 is 0 Å². The number of hydrogen-bond acceptors (Lipinski definition) is 3. The fourth-order valence-electron chi connectivity index (χ4n) is 3.41. The van der Waals surface area contributed by atoms with Gasteiger partial charge in [-0.25, -0.2) is 4.98 Å². The van der Waals surface area contributed by atoms with Gasteiger partial charge in [-0.05, 0) is 32.9 Å². The molecule has 1 aromatic rings. The summed E-state index contributed by atoms with van der Waals surface area (Å²) in [4.78, 5) is 7.50. The molecule has 0 bridgehead atoms. The Labute approximate surface area is 122 Å². The molecule has 1 N–H and O–H groups in total. The Balaban J connectivity index is 1.88. The van der Waals surface area contributed by atoms with Crippen LogP contribution in [0.1, 0.15) is 62.8 Å². The van der Waals surface area contributed by atoms with E-state index in [1.54, 1.807) is 0 Å². The van der Waals surface area contributed by atoms with Crippen LogP contribution in [0.25, 0.3) is 0 Å². The summed E-state index contributed by atoms with van der Waals surface area (Å²) in [5, 5.41) is 3.46. The molecule has 0 saturated heterocycles. The number of imidazole rings is 1. The van der Waals surface area contributed by atoms with E-state index in [0.29, 0.717) is 6.04 Å². The van der Waals surface area contributed by atoms with Crippen molar-refractivity contribution in [2.75, 3.05) is 26.2 Å². The van der Waals surface area contributed by atoms with E-state index < -0.39 is 0 Å². The average molecular weight is 276 g/mol. The molecular weight excluding hydrogens is 248 g/mol. The molecule has 0 spiro atoms. The van der Waals surface area contributed by atoms with E-state index in [-0.39, 0.29) is 0 Å². The number of fused-ring (bicyclic) bond motifs is 1. The molecule has 1 aromatic heterocycles. The van der Waals surface area contributed by atoms with Crippen LogP contribution in [0.5, 0.6) is 0 Å². The summed E-state index contributed by atoms with van der Waals surface area (Å²) in [6.07, 6.45) is 3.81. The van der Waals surface area contributed by atoms with E-state index in [9.17, 15) is 0 Å². The monoisotopic (exact) mass is 276 g/mol. The molecule has 1 saturated carbocycles. The first-order valence-electron chi connectivity index (χ1n) is 8.27. The zero-order valence-corrected chi connectivity index (χ0v) is 13.2. The molecule has 3 rings (SSSR count). The van der Waals surface area contributed by atoms with E-state index in [1.165, 1.54) is 30.1 Å². The predicted octanol–water partition coefficient (Wildman–Crippen LogP) is 2.31. The van der Waals surface area contributed by atoms with Crippen LogP contribution in [-0.4, -0.2) is 40.6 Å². The van der Waals surface area contributed by atoms with Crippen molar-refractivity contribution in [3.8, 4) is 0 Å². The van der Waals surface area contributed by atoms with E-state index in [4.69, 9.17) is 4.98 Å². The fourth-order valence-corrected chi connectivity index (χ4v) is 3.41. The van der Waals surface area contributed by atoms with Crippen molar-refractivity contribution in [3.63, 3.8) is 0 Å². The summed E-state index contributed by atoms with van der Waals surface area (Å²) in [7, 11) is 0. The summed E-state index contributed by atoms with van der Waals surface area (Å²) in [5.74, 6) is 2.11. The quantitative estimate of drug-likeness (QED) is 0.865. The molecule has 1 aliphatic heterocycles. The van der Waals surface area contributed by atoms with Gasteiger partial charge in [-0.15, -0.1) is 0 Å². The Morgan fingerprint density at radius 3 is 2.75 bits per heavy atom. The van der Waals surface area contributed by atoms with Crippen LogP contribution in [0.2, 0.25) is 0 Å². The first kappa shape index (κ1) is 14.1. The molecule has 1 atom stereocenters. The summed E-state index contributed by atoms with van der Waals surface area (Å²) in [6, 6.07) is 0.542. The van der Waals surface area contributed by atoms with Crippen LogP contribution in [0.3, 0.4) is 0 Å². The van der Waals surface area contributed by atoms with Crippen molar-refractivity contribution in [3.05, 3.63) is 17.2 Å². The summed E-state index contributed by atoms with van der Waals surface area (Å²) in [5.41, 5.74) is 2.81. The van der Waals surface area contributed by atoms with Gasteiger partial charge in [-0.2, -0.15) is 0 Å².